The van der Waals surface area contributed by atoms with E-state index in [9.17, 15) is 9.59 Å². The Morgan fingerprint density at radius 2 is 1.81 bits per heavy atom. The molecule has 0 spiro atoms. The maximum Gasteiger partial charge on any atom is 0.309 e. The van der Waals surface area contributed by atoms with E-state index in [1.807, 2.05) is 6.92 Å². The second-order valence-corrected chi connectivity index (χ2v) is 5.33. The molecule has 0 aliphatic heterocycles. The number of carbonyl (C=O) groups excluding carboxylic acids is 1. The number of hydrogen-bond acceptors (Lipinski definition) is 2. The summed E-state index contributed by atoms with van der Waals surface area (Å²) in [6, 6.07) is 8.01. The summed E-state index contributed by atoms with van der Waals surface area (Å²) in [5.74, 6) is -1.22. The van der Waals surface area contributed by atoms with Crippen LogP contribution in [0.1, 0.15) is 28.7 Å². The number of halogens is 2. The van der Waals surface area contributed by atoms with Gasteiger partial charge in [0.1, 0.15) is 5.69 Å². The van der Waals surface area contributed by atoms with Crippen LogP contribution in [-0.4, -0.2) is 21.4 Å². The zero-order chi connectivity index (χ0) is 15.6. The predicted molar refractivity (Wildman–Crippen MR) is 81.3 cm³/mol. The van der Waals surface area contributed by atoms with Gasteiger partial charge in [-0.1, -0.05) is 23.2 Å². The van der Waals surface area contributed by atoms with Crippen LogP contribution in [0.15, 0.2) is 30.3 Å². The molecule has 2 aromatic rings. The Balaban J connectivity index is 2.47. The number of aliphatic carboxylic acids is 1. The van der Waals surface area contributed by atoms with Gasteiger partial charge in [-0.25, -0.2) is 0 Å². The summed E-state index contributed by atoms with van der Waals surface area (Å²) in [7, 11) is 0. The molecular formula is C15H13Cl2NO3. The Labute approximate surface area is 131 Å². The van der Waals surface area contributed by atoms with Crippen molar-refractivity contribution < 1.29 is 14.7 Å². The number of carbonyl (C=O) groups is 2. The smallest absolute Gasteiger partial charge is 0.309 e. The van der Waals surface area contributed by atoms with Crippen molar-refractivity contribution in [2.24, 2.45) is 0 Å². The molecule has 0 radical (unpaired) electrons. The average molecular weight is 326 g/mol. The largest absolute Gasteiger partial charge is 0.481 e. The molecule has 21 heavy (non-hydrogen) atoms. The third-order valence-corrected chi connectivity index (χ3v) is 3.65. The first-order valence-electron chi connectivity index (χ1n) is 6.34. The molecule has 6 heteroatoms. The number of hydrogen-bond donors (Lipinski definition) is 1. The van der Waals surface area contributed by atoms with Crippen LogP contribution in [0.25, 0.3) is 0 Å². The van der Waals surface area contributed by atoms with E-state index in [2.05, 4.69) is 0 Å². The standard InChI is InChI=1S/C15H13Cl2NO3/c1-2-18-11(8-13(19)20)7-12(17)14(18)15(21)9-3-5-10(16)6-4-9/h3-7H,2,8H2,1H3,(H,19,20). The van der Waals surface area contributed by atoms with Crippen molar-refractivity contribution >= 4 is 35.0 Å². The van der Waals surface area contributed by atoms with Crippen molar-refractivity contribution in [3.05, 3.63) is 57.3 Å². The molecular weight excluding hydrogens is 313 g/mol. The third kappa shape index (κ3) is 3.28. The normalized spacial score (nSPS) is 10.6. The maximum atomic E-state index is 12.6. The number of carboxylic acids is 1. The van der Waals surface area contributed by atoms with Gasteiger partial charge in [-0.15, -0.1) is 0 Å². The molecule has 0 saturated heterocycles. The maximum absolute atomic E-state index is 12.6. The van der Waals surface area contributed by atoms with Gasteiger partial charge in [-0.05, 0) is 37.3 Å². The summed E-state index contributed by atoms with van der Waals surface area (Å²) in [6.45, 7) is 2.30. The summed E-state index contributed by atoms with van der Waals surface area (Å²) in [5.41, 5.74) is 1.26. The van der Waals surface area contributed by atoms with E-state index >= 15 is 0 Å². The van der Waals surface area contributed by atoms with Crippen LogP contribution in [0, 0.1) is 0 Å². The molecule has 1 heterocycles. The van der Waals surface area contributed by atoms with E-state index < -0.39 is 5.97 Å². The lowest BCUT2D eigenvalue weighted by Gasteiger charge is -2.10. The molecule has 0 atom stereocenters. The van der Waals surface area contributed by atoms with E-state index in [1.54, 1.807) is 28.8 Å². The van der Waals surface area contributed by atoms with E-state index in [1.165, 1.54) is 6.07 Å². The molecule has 4 nitrogen and oxygen atoms in total. The molecule has 110 valence electrons. The van der Waals surface area contributed by atoms with Gasteiger partial charge in [0.05, 0.1) is 11.4 Å². The van der Waals surface area contributed by atoms with Crippen molar-refractivity contribution in [2.45, 2.75) is 19.9 Å². The molecule has 2 rings (SSSR count). The quantitative estimate of drug-likeness (QED) is 0.853. The summed E-state index contributed by atoms with van der Waals surface area (Å²) >= 11 is 11.9. The average Bonchev–Trinajstić information content (AvgIpc) is 2.73. The minimum Gasteiger partial charge on any atom is -0.481 e. The Bertz CT molecular complexity index is 690. The first-order chi connectivity index (χ1) is 9.93. The molecule has 0 saturated carbocycles. The minimum absolute atomic E-state index is 0.179. The van der Waals surface area contributed by atoms with Gasteiger partial charge < -0.3 is 9.67 Å². The fourth-order valence-electron chi connectivity index (χ4n) is 2.20. The second kappa shape index (κ2) is 6.33. The number of rotatable bonds is 5. The molecule has 1 aromatic carbocycles. The van der Waals surface area contributed by atoms with Gasteiger partial charge in [-0.2, -0.15) is 0 Å². The number of carboxylic acid groups (broad SMARTS) is 1. The molecule has 0 unspecified atom stereocenters. The highest BCUT2D eigenvalue weighted by atomic mass is 35.5. The van der Waals surface area contributed by atoms with E-state index in [0.29, 0.717) is 28.5 Å². The molecule has 0 aliphatic carbocycles. The molecule has 0 bridgehead atoms. The summed E-state index contributed by atoms with van der Waals surface area (Å²) in [6.07, 6.45) is -0.179. The molecule has 1 aromatic heterocycles. The van der Waals surface area contributed by atoms with Gasteiger partial charge in [0.2, 0.25) is 5.78 Å². The summed E-state index contributed by atoms with van der Waals surface area (Å²) in [5, 5.41) is 9.71. The highest BCUT2D eigenvalue weighted by Crippen LogP contribution is 2.25. The van der Waals surface area contributed by atoms with Crippen LogP contribution < -0.4 is 0 Å². The predicted octanol–water partition coefficient (Wildman–Crippen LogP) is 3.67. The third-order valence-electron chi connectivity index (χ3n) is 3.11. The highest BCUT2D eigenvalue weighted by molar-refractivity contribution is 6.35. The topological polar surface area (TPSA) is 59.3 Å². The van der Waals surface area contributed by atoms with Crippen molar-refractivity contribution in [2.75, 3.05) is 0 Å². The van der Waals surface area contributed by atoms with Crippen LogP contribution in [-0.2, 0) is 17.8 Å². The number of aromatic nitrogens is 1. The van der Waals surface area contributed by atoms with E-state index in [-0.39, 0.29) is 17.2 Å². The molecule has 0 fully saturated rings. The zero-order valence-electron chi connectivity index (χ0n) is 11.3. The molecule has 1 N–H and O–H groups in total. The lowest BCUT2D eigenvalue weighted by atomic mass is 10.1. The van der Waals surface area contributed by atoms with E-state index in [4.69, 9.17) is 28.3 Å². The van der Waals surface area contributed by atoms with Crippen molar-refractivity contribution in [3.63, 3.8) is 0 Å². The first-order valence-corrected chi connectivity index (χ1v) is 7.09. The SMILES string of the molecule is CCn1c(CC(=O)O)cc(Cl)c1C(=O)c1ccc(Cl)cc1. The fourth-order valence-corrected chi connectivity index (χ4v) is 2.64. The van der Waals surface area contributed by atoms with Crippen LogP contribution in [0.2, 0.25) is 10.0 Å². The molecule has 0 amide bonds. The Kier molecular flexibility index (Phi) is 4.70. The van der Waals surface area contributed by atoms with Crippen molar-refractivity contribution in [3.8, 4) is 0 Å². The van der Waals surface area contributed by atoms with Crippen LogP contribution in [0.5, 0.6) is 0 Å². The van der Waals surface area contributed by atoms with Gasteiger partial charge in [-0.3, -0.25) is 9.59 Å². The van der Waals surface area contributed by atoms with Crippen LogP contribution in [0.4, 0.5) is 0 Å². The van der Waals surface area contributed by atoms with Crippen molar-refractivity contribution in [1.82, 2.24) is 4.57 Å². The number of ketones is 1. The van der Waals surface area contributed by atoms with E-state index in [0.717, 1.165) is 0 Å². The van der Waals surface area contributed by atoms with Gasteiger partial charge in [0.25, 0.3) is 0 Å². The lowest BCUT2D eigenvalue weighted by Crippen LogP contribution is -2.14. The Hall–Kier alpha value is -1.78. The minimum atomic E-state index is -0.968. The summed E-state index contributed by atoms with van der Waals surface area (Å²) < 4.78 is 1.63. The Morgan fingerprint density at radius 3 is 2.33 bits per heavy atom. The summed E-state index contributed by atoms with van der Waals surface area (Å²) in [4.78, 5) is 23.4. The molecule has 0 aliphatic rings. The fraction of sp³-hybridized carbons (Fsp3) is 0.200. The van der Waals surface area contributed by atoms with Crippen LogP contribution in [0.3, 0.4) is 0 Å². The zero-order valence-corrected chi connectivity index (χ0v) is 12.8. The second-order valence-electron chi connectivity index (χ2n) is 4.48. The van der Waals surface area contributed by atoms with Crippen LogP contribution >= 0.6 is 23.2 Å². The van der Waals surface area contributed by atoms with Gasteiger partial charge in [0, 0.05) is 22.8 Å². The lowest BCUT2D eigenvalue weighted by molar-refractivity contribution is -0.136. The number of nitrogens with zero attached hydrogens (tertiary/aromatic N) is 1. The first kappa shape index (κ1) is 15.6. The Morgan fingerprint density at radius 1 is 1.19 bits per heavy atom. The monoisotopic (exact) mass is 325 g/mol. The van der Waals surface area contributed by atoms with Gasteiger partial charge >= 0.3 is 5.97 Å². The van der Waals surface area contributed by atoms with Crippen molar-refractivity contribution in [1.29, 1.82) is 0 Å². The number of benzene rings is 1. The van der Waals surface area contributed by atoms with Gasteiger partial charge in [0.15, 0.2) is 0 Å². The highest BCUT2D eigenvalue weighted by Gasteiger charge is 2.21.